The van der Waals surface area contributed by atoms with Crippen LogP contribution in [0.2, 0.25) is 0 Å². The van der Waals surface area contributed by atoms with E-state index in [0.717, 1.165) is 33.1 Å². The van der Waals surface area contributed by atoms with Crippen LogP contribution in [0.15, 0.2) is 28.7 Å². The topological polar surface area (TPSA) is 13.1 Å². The first kappa shape index (κ1) is 10.5. The van der Waals surface area contributed by atoms with Gasteiger partial charge in [0.25, 0.3) is 0 Å². The van der Waals surface area contributed by atoms with Crippen LogP contribution in [0.1, 0.15) is 11.1 Å². The summed E-state index contributed by atoms with van der Waals surface area (Å²) < 4.78 is 5.83. The molecular formula is C14H10B2O. The monoisotopic (exact) mass is 216 g/mol. The van der Waals surface area contributed by atoms with Gasteiger partial charge in [-0.3, -0.25) is 0 Å². The molecule has 0 atom stereocenters. The minimum absolute atomic E-state index is 0.691. The van der Waals surface area contributed by atoms with Crippen LogP contribution < -0.4 is 10.9 Å². The maximum absolute atomic E-state index is 6.04. The van der Waals surface area contributed by atoms with Crippen LogP contribution >= 0.6 is 0 Å². The van der Waals surface area contributed by atoms with E-state index in [1.807, 2.05) is 38.1 Å². The van der Waals surface area contributed by atoms with Gasteiger partial charge < -0.3 is 4.42 Å². The molecule has 1 nitrogen and oxygen atoms in total. The van der Waals surface area contributed by atoms with E-state index >= 15 is 0 Å². The molecule has 3 aromatic rings. The lowest BCUT2D eigenvalue weighted by atomic mass is 9.87. The third kappa shape index (κ3) is 1.35. The summed E-state index contributed by atoms with van der Waals surface area (Å²) in [5.41, 5.74) is 4.89. The van der Waals surface area contributed by atoms with E-state index < -0.39 is 0 Å². The zero-order valence-electron chi connectivity index (χ0n) is 9.87. The van der Waals surface area contributed by atoms with Crippen molar-refractivity contribution in [1.29, 1.82) is 0 Å². The molecule has 2 aromatic carbocycles. The Hall–Kier alpha value is -1.63. The van der Waals surface area contributed by atoms with Crippen LogP contribution in [0.4, 0.5) is 0 Å². The SMILES string of the molecule is [B]c1c(C)ccc2c1oc1c([B])c(C)ccc12. The average Bonchev–Trinajstić information content (AvgIpc) is 2.69. The molecule has 0 unspecified atom stereocenters. The van der Waals surface area contributed by atoms with Gasteiger partial charge in [0.05, 0.1) is 0 Å². The van der Waals surface area contributed by atoms with Gasteiger partial charge in [0, 0.05) is 10.8 Å². The molecule has 0 saturated heterocycles. The fourth-order valence-electron chi connectivity index (χ4n) is 2.14. The number of fused-ring (bicyclic) bond motifs is 3. The molecule has 78 valence electrons. The third-order valence-corrected chi connectivity index (χ3v) is 3.32. The summed E-state index contributed by atoms with van der Waals surface area (Å²) >= 11 is 0. The van der Waals surface area contributed by atoms with E-state index in [4.69, 9.17) is 20.1 Å². The number of hydrogen-bond donors (Lipinski definition) is 0. The number of furan rings is 1. The molecule has 0 aliphatic carbocycles. The van der Waals surface area contributed by atoms with Crippen molar-refractivity contribution in [2.45, 2.75) is 13.8 Å². The largest absolute Gasteiger partial charge is 0.457 e. The van der Waals surface area contributed by atoms with Crippen molar-refractivity contribution in [2.75, 3.05) is 0 Å². The Balaban J connectivity index is 2.58. The lowest BCUT2D eigenvalue weighted by molar-refractivity contribution is 0.673. The van der Waals surface area contributed by atoms with Gasteiger partial charge in [-0.25, -0.2) is 0 Å². The van der Waals surface area contributed by atoms with Gasteiger partial charge in [0.2, 0.25) is 0 Å². The highest BCUT2D eigenvalue weighted by Crippen LogP contribution is 2.27. The molecule has 17 heavy (non-hydrogen) atoms. The molecular weight excluding hydrogens is 206 g/mol. The van der Waals surface area contributed by atoms with Crippen molar-refractivity contribution in [3.05, 3.63) is 35.4 Å². The van der Waals surface area contributed by atoms with Crippen molar-refractivity contribution in [3.8, 4) is 0 Å². The Morgan fingerprint density at radius 3 is 1.59 bits per heavy atom. The molecule has 0 N–H and O–H groups in total. The summed E-state index contributed by atoms with van der Waals surface area (Å²) in [4.78, 5) is 0. The van der Waals surface area contributed by atoms with E-state index in [2.05, 4.69) is 0 Å². The van der Waals surface area contributed by atoms with Gasteiger partial charge in [-0.2, -0.15) is 0 Å². The van der Waals surface area contributed by atoms with Crippen LogP contribution in [0.3, 0.4) is 0 Å². The van der Waals surface area contributed by atoms with E-state index in [0.29, 0.717) is 10.9 Å². The number of rotatable bonds is 0. The molecule has 3 rings (SSSR count). The number of aryl methyl sites for hydroxylation is 2. The highest BCUT2D eigenvalue weighted by molar-refractivity contribution is 6.43. The molecule has 1 aromatic heterocycles. The van der Waals surface area contributed by atoms with Gasteiger partial charge in [-0.15, -0.1) is 0 Å². The summed E-state index contributed by atoms with van der Waals surface area (Å²) in [5, 5.41) is 2.05. The van der Waals surface area contributed by atoms with Crippen LogP contribution in [0.25, 0.3) is 21.9 Å². The van der Waals surface area contributed by atoms with Gasteiger partial charge in [-0.1, -0.05) is 46.3 Å². The molecule has 3 heteroatoms. The Morgan fingerprint density at radius 2 is 1.18 bits per heavy atom. The minimum atomic E-state index is 0.691. The van der Waals surface area contributed by atoms with E-state index in [1.54, 1.807) is 0 Å². The normalized spacial score (nSPS) is 11.4. The zero-order valence-corrected chi connectivity index (χ0v) is 9.87. The Kier molecular flexibility index (Phi) is 2.12. The predicted molar refractivity (Wildman–Crippen MR) is 74.0 cm³/mol. The summed E-state index contributed by atoms with van der Waals surface area (Å²) in [6.45, 7) is 3.94. The summed E-state index contributed by atoms with van der Waals surface area (Å²) in [5.74, 6) is 0. The quantitative estimate of drug-likeness (QED) is 0.522. The molecule has 4 radical (unpaired) electrons. The summed E-state index contributed by atoms with van der Waals surface area (Å²) in [7, 11) is 12.1. The first-order valence-electron chi connectivity index (χ1n) is 5.56. The smallest absolute Gasteiger partial charge is 0.128 e. The molecule has 1 heterocycles. The van der Waals surface area contributed by atoms with Gasteiger partial charge >= 0.3 is 0 Å². The molecule has 0 aliphatic rings. The fraction of sp³-hybridized carbons (Fsp3) is 0.143. The molecule has 0 aliphatic heterocycles. The van der Waals surface area contributed by atoms with Crippen molar-refractivity contribution < 1.29 is 4.42 Å². The fourth-order valence-corrected chi connectivity index (χ4v) is 2.14. The number of benzene rings is 2. The highest BCUT2D eigenvalue weighted by Gasteiger charge is 2.11. The summed E-state index contributed by atoms with van der Waals surface area (Å²) in [6, 6.07) is 8.06. The van der Waals surface area contributed by atoms with Crippen LogP contribution in [0.5, 0.6) is 0 Å². The number of hydrogen-bond acceptors (Lipinski definition) is 1. The first-order valence-corrected chi connectivity index (χ1v) is 5.56. The van der Waals surface area contributed by atoms with E-state index in [-0.39, 0.29) is 0 Å². The van der Waals surface area contributed by atoms with Gasteiger partial charge in [-0.05, 0) is 13.8 Å². The van der Waals surface area contributed by atoms with Crippen LogP contribution in [-0.4, -0.2) is 15.7 Å². The van der Waals surface area contributed by atoms with Crippen molar-refractivity contribution in [2.24, 2.45) is 0 Å². The molecule has 0 bridgehead atoms. The second-order valence-corrected chi connectivity index (χ2v) is 4.45. The van der Waals surface area contributed by atoms with E-state index in [9.17, 15) is 0 Å². The van der Waals surface area contributed by atoms with Gasteiger partial charge in [0.1, 0.15) is 26.9 Å². The van der Waals surface area contributed by atoms with Crippen molar-refractivity contribution in [1.82, 2.24) is 0 Å². The summed E-state index contributed by atoms with van der Waals surface area (Å²) in [6.07, 6.45) is 0. The average molecular weight is 216 g/mol. The Labute approximate surface area is 103 Å². The maximum atomic E-state index is 6.04. The van der Waals surface area contributed by atoms with Crippen molar-refractivity contribution in [3.63, 3.8) is 0 Å². The second-order valence-electron chi connectivity index (χ2n) is 4.45. The third-order valence-electron chi connectivity index (χ3n) is 3.32. The Bertz CT molecular complexity index is 679. The van der Waals surface area contributed by atoms with Crippen LogP contribution in [0, 0.1) is 13.8 Å². The van der Waals surface area contributed by atoms with Crippen molar-refractivity contribution >= 4 is 48.6 Å². The predicted octanol–water partition coefficient (Wildman–Crippen LogP) is 1.79. The van der Waals surface area contributed by atoms with E-state index in [1.165, 1.54) is 0 Å². The minimum Gasteiger partial charge on any atom is -0.457 e. The lowest BCUT2D eigenvalue weighted by Gasteiger charge is -1.99. The maximum Gasteiger partial charge on any atom is 0.128 e. The molecule has 0 amide bonds. The Morgan fingerprint density at radius 1 is 0.765 bits per heavy atom. The van der Waals surface area contributed by atoms with Crippen LogP contribution in [-0.2, 0) is 0 Å². The molecule has 0 spiro atoms. The first-order chi connectivity index (χ1) is 8.09. The van der Waals surface area contributed by atoms with Gasteiger partial charge in [0.15, 0.2) is 0 Å². The zero-order chi connectivity index (χ0) is 12.2. The molecule has 0 fully saturated rings. The lowest BCUT2D eigenvalue weighted by Crippen LogP contribution is -2.07. The standard InChI is InChI=1S/C14H10B2O/c1-7-3-5-9-10-6-4-8(2)12(16)14(10)17-13(9)11(7)15/h3-6H,1-2H3. The second kappa shape index (κ2) is 3.43. The highest BCUT2D eigenvalue weighted by atomic mass is 16.3. The molecule has 0 saturated carbocycles.